The molecular weight excluding hydrogens is 390 g/mol. The minimum atomic E-state index is -0.0582. The van der Waals surface area contributed by atoms with E-state index in [2.05, 4.69) is 42.9 Å². The van der Waals surface area contributed by atoms with Gasteiger partial charge in [-0.25, -0.2) is 15.0 Å². The summed E-state index contributed by atoms with van der Waals surface area (Å²) in [5, 5.41) is 0.736. The molecule has 3 N–H and O–H groups in total. The van der Waals surface area contributed by atoms with Crippen LogP contribution in [0.2, 0.25) is 0 Å². The van der Waals surface area contributed by atoms with Gasteiger partial charge >= 0.3 is 0 Å². The van der Waals surface area contributed by atoms with Crippen LogP contribution in [0.15, 0.2) is 43.4 Å². The summed E-state index contributed by atoms with van der Waals surface area (Å²) in [6.45, 7) is 6.79. The molecule has 1 amide bonds. The monoisotopic (exact) mass is 411 g/mol. The van der Waals surface area contributed by atoms with E-state index in [1.165, 1.54) is 12.4 Å². The summed E-state index contributed by atoms with van der Waals surface area (Å²) in [6, 6.07) is 5.99. The molecule has 8 nitrogen and oxygen atoms in total. The number of anilines is 1. The molecule has 4 aromatic rings. The van der Waals surface area contributed by atoms with E-state index >= 15 is 0 Å². The molecule has 154 valence electrons. The van der Waals surface area contributed by atoms with Gasteiger partial charge in [0.15, 0.2) is 0 Å². The summed E-state index contributed by atoms with van der Waals surface area (Å²) in [6.07, 6.45) is 5.60. The highest BCUT2D eigenvalue weighted by molar-refractivity contribution is 5.92. The van der Waals surface area contributed by atoms with E-state index in [9.17, 15) is 4.79 Å². The van der Waals surface area contributed by atoms with Crippen LogP contribution in [-0.2, 0) is 4.79 Å². The van der Waals surface area contributed by atoms with Crippen LogP contribution in [0.5, 0.6) is 0 Å². The highest BCUT2D eigenvalue weighted by atomic mass is 16.2. The number of imidazole rings is 1. The van der Waals surface area contributed by atoms with E-state index < -0.39 is 0 Å². The quantitative estimate of drug-likeness (QED) is 0.390. The van der Waals surface area contributed by atoms with Crippen LogP contribution in [0.4, 0.5) is 5.82 Å². The zero-order valence-electron chi connectivity index (χ0n) is 17.1. The number of H-pyrrole nitrogens is 1. The lowest BCUT2D eigenvalue weighted by Crippen LogP contribution is -2.27. The van der Waals surface area contributed by atoms with Gasteiger partial charge in [-0.15, -0.1) is 0 Å². The Labute approximate surface area is 178 Å². The van der Waals surface area contributed by atoms with Gasteiger partial charge in [0, 0.05) is 24.8 Å². The van der Waals surface area contributed by atoms with Gasteiger partial charge < -0.3 is 20.2 Å². The van der Waals surface area contributed by atoms with Crippen molar-refractivity contribution in [1.29, 1.82) is 0 Å². The van der Waals surface area contributed by atoms with Gasteiger partial charge in [0.2, 0.25) is 5.91 Å². The topological polar surface area (TPSA) is 106 Å². The molecule has 1 fully saturated rings. The second-order valence-corrected chi connectivity index (χ2v) is 7.64. The number of likely N-dealkylation sites (tertiary alicyclic amines) is 1. The number of fused-ring (bicyclic) bond motifs is 2. The van der Waals surface area contributed by atoms with Crippen molar-refractivity contribution in [3.05, 3.63) is 60.3 Å². The Balaban J connectivity index is 1.54. The molecule has 1 atom stereocenters. The van der Waals surface area contributed by atoms with Gasteiger partial charge in [-0.05, 0) is 37.6 Å². The Morgan fingerprint density at radius 2 is 2.23 bits per heavy atom. The summed E-state index contributed by atoms with van der Waals surface area (Å²) in [5.41, 5.74) is 10.4. The molecule has 0 unspecified atom stereocenters. The molecule has 8 heteroatoms. The molecular formula is C23H21N7O. The number of aromatic nitrogens is 5. The molecule has 5 rings (SSSR count). The summed E-state index contributed by atoms with van der Waals surface area (Å²) in [7, 11) is 0. The van der Waals surface area contributed by atoms with Gasteiger partial charge in [0.25, 0.3) is 0 Å². The lowest BCUT2D eigenvalue weighted by atomic mass is 10.1. The Bertz CT molecular complexity index is 1400. The highest BCUT2D eigenvalue weighted by Gasteiger charge is 2.28. The maximum absolute atomic E-state index is 12.0. The molecule has 1 aliphatic rings. The minimum Gasteiger partial charge on any atom is -0.383 e. The van der Waals surface area contributed by atoms with Crippen molar-refractivity contribution >= 4 is 33.8 Å². The van der Waals surface area contributed by atoms with Crippen LogP contribution in [0.3, 0.4) is 0 Å². The molecule has 1 aliphatic heterocycles. The average Bonchev–Trinajstić information content (AvgIpc) is 3.47. The number of amides is 1. The number of nitrogens with zero attached hydrogens (tertiary/aromatic N) is 5. The number of benzene rings is 1. The molecule has 1 saturated heterocycles. The number of carbonyl (C=O) groups excluding carboxylic acids is 1. The third-order valence-electron chi connectivity index (χ3n) is 5.62. The molecule has 0 aliphatic carbocycles. The SMILES string of the molecule is C=CC(=O)N1CC[C@H](n2cc(C#Cc3ccc4[nH]c(C)nc4c3)c3c(N)ncnc32)C1. The van der Waals surface area contributed by atoms with E-state index in [1.807, 2.05) is 31.3 Å². The Kier molecular flexibility index (Phi) is 4.44. The smallest absolute Gasteiger partial charge is 0.246 e. The first-order chi connectivity index (χ1) is 15.0. The zero-order valence-corrected chi connectivity index (χ0v) is 17.1. The summed E-state index contributed by atoms with van der Waals surface area (Å²) >= 11 is 0. The van der Waals surface area contributed by atoms with E-state index in [-0.39, 0.29) is 11.9 Å². The third-order valence-corrected chi connectivity index (χ3v) is 5.62. The fourth-order valence-electron chi connectivity index (χ4n) is 4.13. The molecule has 0 spiro atoms. The van der Waals surface area contributed by atoms with E-state index in [0.29, 0.717) is 18.9 Å². The summed E-state index contributed by atoms with van der Waals surface area (Å²) in [4.78, 5) is 30.1. The van der Waals surface area contributed by atoms with Crippen molar-refractivity contribution in [3.63, 3.8) is 0 Å². The Morgan fingerprint density at radius 3 is 3.06 bits per heavy atom. The first-order valence-electron chi connectivity index (χ1n) is 10.0. The highest BCUT2D eigenvalue weighted by Crippen LogP contribution is 2.30. The second-order valence-electron chi connectivity index (χ2n) is 7.64. The number of nitrogens with one attached hydrogen (secondary N) is 1. The van der Waals surface area contributed by atoms with Crippen LogP contribution in [-0.4, -0.2) is 48.4 Å². The van der Waals surface area contributed by atoms with E-state index in [0.717, 1.165) is 45.4 Å². The van der Waals surface area contributed by atoms with E-state index in [1.54, 1.807) is 4.90 Å². The van der Waals surface area contributed by atoms with Crippen molar-refractivity contribution in [2.75, 3.05) is 18.8 Å². The number of nitrogens with two attached hydrogens (primary N) is 1. The maximum Gasteiger partial charge on any atom is 0.246 e. The summed E-state index contributed by atoms with van der Waals surface area (Å²) in [5.74, 6) is 7.66. The first kappa shape index (κ1) is 18.9. The van der Waals surface area contributed by atoms with Crippen molar-refractivity contribution in [3.8, 4) is 11.8 Å². The van der Waals surface area contributed by atoms with Crippen molar-refractivity contribution in [2.24, 2.45) is 0 Å². The molecule has 1 aromatic carbocycles. The lowest BCUT2D eigenvalue weighted by molar-refractivity contribution is -0.125. The van der Waals surface area contributed by atoms with Crippen LogP contribution >= 0.6 is 0 Å². The number of aromatic amines is 1. The van der Waals surface area contributed by atoms with Crippen molar-refractivity contribution in [1.82, 2.24) is 29.4 Å². The number of hydrogen-bond donors (Lipinski definition) is 2. The molecule has 31 heavy (non-hydrogen) atoms. The van der Waals surface area contributed by atoms with Gasteiger partial charge in [-0.3, -0.25) is 4.79 Å². The minimum absolute atomic E-state index is 0.0582. The van der Waals surface area contributed by atoms with Crippen molar-refractivity contribution < 1.29 is 4.79 Å². The largest absolute Gasteiger partial charge is 0.383 e. The van der Waals surface area contributed by atoms with Crippen LogP contribution in [0.25, 0.3) is 22.1 Å². The maximum atomic E-state index is 12.0. The number of rotatable bonds is 2. The molecule has 0 saturated carbocycles. The number of nitrogen functional groups attached to an aromatic ring is 1. The number of hydrogen-bond acceptors (Lipinski definition) is 5. The zero-order chi connectivity index (χ0) is 21.5. The average molecular weight is 411 g/mol. The normalized spacial score (nSPS) is 15.9. The lowest BCUT2D eigenvalue weighted by Gasteiger charge is -2.15. The van der Waals surface area contributed by atoms with E-state index in [4.69, 9.17) is 5.73 Å². The Hall–Kier alpha value is -4.12. The molecule has 0 bridgehead atoms. The fourth-order valence-corrected chi connectivity index (χ4v) is 4.13. The number of aryl methyl sites for hydroxylation is 1. The fraction of sp³-hybridized carbons (Fsp3) is 0.217. The van der Waals surface area contributed by atoms with Gasteiger partial charge in [-0.1, -0.05) is 18.4 Å². The predicted octanol–water partition coefficient (Wildman–Crippen LogP) is 2.56. The van der Waals surface area contributed by atoms with Gasteiger partial charge in [-0.2, -0.15) is 0 Å². The standard InChI is InChI=1S/C23H21N7O/c1-3-20(31)29-9-8-17(12-29)30-11-16(21-22(24)25-13-26-23(21)30)6-4-15-5-7-18-19(10-15)28-14(2)27-18/h3,5,7,10-11,13,17H,1,8-9,12H2,2H3,(H,27,28)(H2,24,25,26)/t17-/m0/s1. The van der Waals surface area contributed by atoms with Crippen LogP contribution in [0.1, 0.15) is 29.4 Å². The van der Waals surface area contributed by atoms with Gasteiger partial charge in [0.05, 0.1) is 28.0 Å². The second kappa shape index (κ2) is 7.29. The predicted molar refractivity (Wildman–Crippen MR) is 119 cm³/mol. The van der Waals surface area contributed by atoms with Crippen LogP contribution in [0, 0.1) is 18.8 Å². The first-order valence-corrected chi connectivity index (χ1v) is 10.0. The van der Waals surface area contributed by atoms with Crippen molar-refractivity contribution in [2.45, 2.75) is 19.4 Å². The Morgan fingerprint density at radius 1 is 1.35 bits per heavy atom. The molecule has 4 heterocycles. The molecule has 0 radical (unpaired) electrons. The summed E-state index contributed by atoms with van der Waals surface area (Å²) < 4.78 is 2.06. The van der Waals surface area contributed by atoms with Crippen LogP contribution < -0.4 is 5.73 Å². The number of carbonyl (C=O) groups is 1. The molecule has 3 aromatic heterocycles. The third kappa shape index (κ3) is 3.30. The van der Waals surface area contributed by atoms with Gasteiger partial charge in [0.1, 0.15) is 23.6 Å².